The maximum absolute atomic E-state index is 12.4. The minimum absolute atomic E-state index is 0.266. The Hall–Kier alpha value is -3.49. The molecule has 1 aliphatic heterocycles. The second kappa shape index (κ2) is 6.35. The predicted molar refractivity (Wildman–Crippen MR) is 94.4 cm³/mol. The summed E-state index contributed by atoms with van der Waals surface area (Å²) in [6.07, 6.45) is 2.67. The third kappa shape index (κ3) is 3.19. The molecule has 0 unspecified atom stereocenters. The predicted octanol–water partition coefficient (Wildman–Crippen LogP) is 1.25. The van der Waals surface area contributed by atoms with E-state index in [2.05, 4.69) is 10.4 Å². The molecule has 1 aliphatic rings. The van der Waals surface area contributed by atoms with Crippen molar-refractivity contribution in [2.45, 2.75) is 26.3 Å². The van der Waals surface area contributed by atoms with E-state index in [-0.39, 0.29) is 16.8 Å². The van der Waals surface area contributed by atoms with Crippen LogP contribution in [0.5, 0.6) is 0 Å². The molecule has 3 amide bonds. The zero-order valence-corrected chi connectivity index (χ0v) is 15.0. The van der Waals surface area contributed by atoms with E-state index in [1.54, 1.807) is 18.2 Å². The number of aliphatic carboxylic acids is 1. The van der Waals surface area contributed by atoms with Gasteiger partial charge >= 0.3 is 5.97 Å². The molecule has 0 fully saturated rings. The van der Waals surface area contributed by atoms with E-state index in [0.29, 0.717) is 0 Å². The number of aryl methyl sites for hydroxylation is 1. The lowest BCUT2D eigenvalue weighted by Crippen LogP contribution is -2.37. The van der Waals surface area contributed by atoms with Gasteiger partial charge in [-0.2, -0.15) is 5.10 Å². The maximum Gasteiger partial charge on any atom is 0.331 e. The fraction of sp³-hybridized carbons (Fsp3) is 0.278. The molecule has 1 aromatic heterocycles. The molecule has 9 heteroatoms. The number of carboxylic acid groups (broad SMARTS) is 1. The summed E-state index contributed by atoms with van der Waals surface area (Å²) in [6, 6.07) is 4.92. The molecule has 3 rings (SSSR count). The monoisotopic (exact) mass is 370 g/mol. The van der Waals surface area contributed by atoms with Crippen LogP contribution in [0.1, 0.15) is 40.1 Å². The SMILES string of the molecule is Cc1ccc2c(c1)C(=O)N(CC(=O)Nc1cnn(C(C)(C)C(=O)O)c1)C2=O. The van der Waals surface area contributed by atoms with E-state index >= 15 is 0 Å². The van der Waals surface area contributed by atoms with Crippen molar-refractivity contribution < 1.29 is 24.3 Å². The second-order valence-corrected chi connectivity index (χ2v) is 6.83. The molecule has 2 heterocycles. The number of amides is 3. The number of carbonyl (C=O) groups is 4. The first kappa shape index (κ1) is 18.3. The van der Waals surface area contributed by atoms with Crippen LogP contribution in [0, 0.1) is 6.92 Å². The Balaban J connectivity index is 1.71. The van der Waals surface area contributed by atoms with Crippen molar-refractivity contribution in [3.63, 3.8) is 0 Å². The van der Waals surface area contributed by atoms with Crippen LogP contribution in [-0.2, 0) is 15.1 Å². The zero-order chi connectivity index (χ0) is 19.9. The number of benzene rings is 1. The number of nitrogens with zero attached hydrogens (tertiary/aromatic N) is 3. The highest BCUT2D eigenvalue weighted by Gasteiger charge is 2.36. The summed E-state index contributed by atoms with van der Waals surface area (Å²) >= 11 is 0. The maximum atomic E-state index is 12.4. The largest absolute Gasteiger partial charge is 0.479 e. The van der Waals surface area contributed by atoms with Crippen molar-refractivity contribution in [2.24, 2.45) is 0 Å². The van der Waals surface area contributed by atoms with Gasteiger partial charge in [-0.15, -0.1) is 0 Å². The Labute approximate surface area is 154 Å². The molecule has 140 valence electrons. The van der Waals surface area contributed by atoms with Crippen molar-refractivity contribution in [3.05, 3.63) is 47.3 Å². The molecule has 0 aliphatic carbocycles. The Morgan fingerprint density at radius 2 is 1.85 bits per heavy atom. The third-order valence-corrected chi connectivity index (χ3v) is 4.39. The second-order valence-electron chi connectivity index (χ2n) is 6.83. The fourth-order valence-electron chi connectivity index (χ4n) is 2.68. The van der Waals surface area contributed by atoms with E-state index < -0.39 is 35.8 Å². The standard InChI is InChI=1S/C18H18N4O5/c1-10-4-5-12-13(6-10)16(25)21(15(12)24)9-14(23)20-11-7-19-22(8-11)18(2,3)17(26)27/h4-8H,9H2,1-3H3,(H,20,23)(H,26,27). The fourth-order valence-corrected chi connectivity index (χ4v) is 2.68. The Bertz CT molecular complexity index is 976. The highest BCUT2D eigenvalue weighted by Crippen LogP contribution is 2.24. The topological polar surface area (TPSA) is 122 Å². The number of hydrogen-bond donors (Lipinski definition) is 2. The van der Waals surface area contributed by atoms with Crippen LogP contribution < -0.4 is 5.32 Å². The van der Waals surface area contributed by atoms with Crippen LogP contribution in [0.15, 0.2) is 30.6 Å². The minimum Gasteiger partial charge on any atom is -0.479 e. The van der Waals surface area contributed by atoms with Crippen molar-refractivity contribution in [1.29, 1.82) is 0 Å². The molecule has 9 nitrogen and oxygen atoms in total. The van der Waals surface area contributed by atoms with Crippen LogP contribution in [-0.4, -0.2) is 50.0 Å². The number of anilines is 1. The van der Waals surface area contributed by atoms with Crippen molar-refractivity contribution in [1.82, 2.24) is 14.7 Å². The van der Waals surface area contributed by atoms with Gasteiger partial charge in [0, 0.05) is 6.20 Å². The van der Waals surface area contributed by atoms with Crippen LogP contribution in [0.3, 0.4) is 0 Å². The van der Waals surface area contributed by atoms with Gasteiger partial charge in [-0.3, -0.25) is 24.0 Å². The molecule has 2 aromatic rings. The van der Waals surface area contributed by atoms with Crippen LogP contribution in [0.25, 0.3) is 0 Å². The summed E-state index contributed by atoms with van der Waals surface area (Å²) in [4.78, 5) is 49.2. The first-order valence-corrected chi connectivity index (χ1v) is 8.16. The van der Waals surface area contributed by atoms with Gasteiger partial charge in [0.15, 0.2) is 5.54 Å². The molecular formula is C18H18N4O5. The van der Waals surface area contributed by atoms with Crippen LogP contribution in [0.2, 0.25) is 0 Å². The number of aromatic nitrogens is 2. The van der Waals surface area contributed by atoms with Gasteiger partial charge in [-0.25, -0.2) is 4.79 Å². The highest BCUT2D eigenvalue weighted by molar-refractivity contribution is 6.22. The zero-order valence-electron chi connectivity index (χ0n) is 15.0. The Morgan fingerprint density at radius 3 is 2.52 bits per heavy atom. The van der Waals surface area contributed by atoms with Crippen LogP contribution >= 0.6 is 0 Å². The lowest BCUT2D eigenvalue weighted by Gasteiger charge is -2.19. The molecule has 0 atom stereocenters. The van der Waals surface area contributed by atoms with Gasteiger partial charge in [0.05, 0.1) is 23.0 Å². The summed E-state index contributed by atoms with van der Waals surface area (Å²) in [5, 5.41) is 15.7. The van der Waals surface area contributed by atoms with Gasteiger partial charge in [0.25, 0.3) is 11.8 Å². The number of imide groups is 1. The number of nitrogens with one attached hydrogen (secondary N) is 1. The Kier molecular flexibility index (Phi) is 4.30. The van der Waals surface area contributed by atoms with Crippen molar-refractivity contribution in [3.8, 4) is 0 Å². The number of hydrogen-bond acceptors (Lipinski definition) is 5. The first-order chi connectivity index (χ1) is 12.6. The van der Waals surface area contributed by atoms with Gasteiger partial charge in [-0.05, 0) is 32.9 Å². The molecule has 0 radical (unpaired) electrons. The van der Waals surface area contributed by atoms with E-state index in [9.17, 15) is 24.3 Å². The third-order valence-electron chi connectivity index (χ3n) is 4.39. The lowest BCUT2D eigenvalue weighted by atomic mass is 10.1. The lowest BCUT2D eigenvalue weighted by molar-refractivity contribution is -0.146. The molecule has 2 N–H and O–H groups in total. The van der Waals surface area contributed by atoms with E-state index in [4.69, 9.17) is 0 Å². The van der Waals surface area contributed by atoms with E-state index in [1.165, 1.54) is 30.9 Å². The molecule has 0 saturated carbocycles. The van der Waals surface area contributed by atoms with Gasteiger partial charge < -0.3 is 10.4 Å². The van der Waals surface area contributed by atoms with Gasteiger partial charge in [-0.1, -0.05) is 11.6 Å². The average molecular weight is 370 g/mol. The van der Waals surface area contributed by atoms with Gasteiger partial charge in [0.1, 0.15) is 6.54 Å². The normalized spacial score (nSPS) is 13.7. The summed E-state index contributed by atoms with van der Waals surface area (Å²) in [5.74, 6) is -2.71. The van der Waals surface area contributed by atoms with Gasteiger partial charge in [0.2, 0.25) is 5.91 Å². The smallest absolute Gasteiger partial charge is 0.331 e. The summed E-state index contributed by atoms with van der Waals surface area (Å²) < 4.78 is 1.20. The summed E-state index contributed by atoms with van der Waals surface area (Å²) in [5.41, 5.74) is 0.373. The Morgan fingerprint density at radius 1 is 1.19 bits per heavy atom. The molecular weight excluding hydrogens is 352 g/mol. The summed E-state index contributed by atoms with van der Waals surface area (Å²) in [7, 11) is 0. The highest BCUT2D eigenvalue weighted by atomic mass is 16.4. The molecule has 0 saturated heterocycles. The van der Waals surface area contributed by atoms with Crippen molar-refractivity contribution >= 4 is 29.4 Å². The number of fused-ring (bicyclic) bond motifs is 1. The average Bonchev–Trinajstić information content (AvgIpc) is 3.14. The first-order valence-electron chi connectivity index (χ1n) is 8.16. The molecule has 0 spiro atoms. The minimum atomic E-state index is -1.29. The van der Waals surface area contributed by atoms with Crippen LogP contribution in [0.4, 0.5) is 5.69 Å². The molecule has 0 bridgehead atoms. The summed E-state index contributed by atoms with van der Waals surface area (Å²) in [6.45, 7) is 4.30. The van der Waals surface area contributed by atoms with E-state index in [1.807, 2.05) is 6.92 Å². The number of carbonyl (C=O) groups excluding carboxylic acids is 3. The number of carboxylic acids is 1. The number of rotatable bonds is 5. The van der Waals surface area contributed by atoms with Crippen molar-refractivity contribution in [2.75, 3.05) is 11.9 Å². The molecule has 27 heavy (non-hydrogen) atoms. The quantitative estimate of drug-likeness (QED) is 0.764. The van der Waals surface area contributed by atoms with E-state index in [0.717, 1.165) is 10.5 Å². The molecule has 1 aromatic carbocycles.